The molecule has 4 aromatic rings. The summed E-state index contributed by atoms with van der Waals surface area (Å²) < 4.78 is 7.09. The number of aryl methyl sites for hydroxylation is 2. The molecule has 2 aromatic heterocycles. The number of rotatable bonds is 4. The van der Waals surface area contributed by atoms with Gasteiger partial charge >= 0.3 is 0 Å². The zero-order valence-corrected chi connectivity index (χ0v) is 16.3. The van der Waals surface area contributed by atoms with Gasteiger partial charge in [-0.2, -0.15) is 9.61 Å². The van der Waals surface area contributed by atoms with Crippen LogP contribution in [-0.4, -0.2) is 14.6 Å². The zero-order valence-electron chi connectivity index (χ0n) is 14.8. The van der Waals surface area contributed by atoms with Gasteiger partial charge in [-0.3, -0.25) is 4.79 Å². The van der Waals surface area contributed by atoms with Crippen LogP contribution in [0.25, 0.3) is 15.5 Å². The first-order valence-corrected chi connectivity index (χ1v) is 9.55. The van der Waals surface area contributed by atoms with Crippen molar-refractivity contribution >= 4 is 27.9 Å². The molecule has 7 heteroatoms. The first-order valence-electron chi connectivity index (χ1n) is 8.35. The lowest BCUT2D eigenvalue weighted by Crippen LogP contribution is -2.16. The lowest BCUT2D eigenvalue weighted by molar-refractivity contribution is 0.301. The van der Waals surface area contributed by atoms with Crippen molar-refractivity contribution < 1.29 is 4.74 Å². The van der Waals surface area contributed by atoms with E-state index < -0.39 is 0 Å². The van der Waals surface area contributed by atoms with Gasteiger partial charge in [-0.1, -0.05) is 46.7 Å². The number of hydrogen-bond donors (Lipinski definition) is 0. The second-order valence-electron chi connectivity index (χ2n) is 6.26. The lowest BCUT2D eigenvalue weighted by atomic mass is 10.1. The maximum Gasteiger partial charge on any atom is 0.275 e. The normalized spacial score (nSPS) is 11.1. The fourth-order valence-corrected chi connectivity index (χ4v) is 3.73. The average Bonchev–Trinajstić information content (AvgIpc) is 3.08. The zero-order chi connectivity index (χ0) is 19.0. The van der Waals surface area contributed by atoms with E-state index in [0.717, 1.165) is 21.7 Å². The molecule has 27 heavy (non-hydrogen) atoms. The van der Waals surface area contributed by atoms with E-state index in [9.17, 15) is 4.79 Å². The predicted octanol–water partition coefficient (Wildman–Crippen LogP) is 4.67. The standard InChI is InChI=1S/C20H16ClN3O2S/c1-12-4-3-5-14(8-12)19-23-24-18(25)10-15(22-20(24)27-19)11-26-16-6-7-17(21)13(2)9-16/h3-10H,11H2,1-2H3. The number of halogens is 1. The van der Waals surface area contributed by atoms with Gasteiger partial charge in [0.15, 0.2) is 0 Å². The van der Waals surface area contributed by atoms with E-state index in [1.807, 2.05) is 44.2 Å². The molecule has 0 spiro atoms. The molecule has 4 rings (SSSR count). The first-order chi connectivity index (χ1) is 13.0. The summed E-state index contributed by atoms with van der Waals surface area (Å²) in [5.41, 5.74) is 3.38. The van der Waals surface area contributed by atoms with Gasteiger partial charge in [0, 0.05) is 16.7 Å². The van der Waals surface area contributed by atoms with E-state index in [0.29, 0.717) is 21.4 Å². The molecule has 2 heterocycles. The van der Waals surface area contributed by atoms with Gasteiger partial charge in [-0.25, -0.2) is 4.98 Å². The van der Waals surface area contributed by atoms with Crippen molar-refractivity contribution in [1.29, 1.82) is 0 Å². The SMILES string of the molecule is Cc1cccc(-c2nn3c(=O)cc(COc4ccc(Cl)c(C)c4)nc3s2)c1. The highest BCUT2D eigenvalue weighted by Gasteiger charge is 2.11. The van der Waals surface area contributed by atoms with Crippen LogP contribution in [-0.2, 0) is 6.61 Å². The molecule has 0 fully saturated rings. The van der Waals surface area contributed by atoms with Crippen LogP contribution in [0.1, 0.15) is 16.8 Å². The second-order valence-corrected chi connectivity index (χ2v) is 7.62. The highest BCUT2D eigenvalue weighted by molar-refractivity contribution is 7.19. The molecule has 0 unspecified atom stereocenters. The Morgan fingerprint density at radius 1 is 1.15 bits per heavy atom. The topological polar surface area (TPSA) is 56.5 Å². The summed E-state index contributed by atoms with van der Waals surface area (Å²) in [6, 6.07) is 14.9. The van der Waals surface area contributed by atoms with Gasteiger partial charge in [0.25, 0.3) is 5.56 Å². The monoisotopic (exact) mass is 397 g/mol. The molecule has 0 atom stereocenters. The van der Waals surface area contributed by atoms with Crippen molar-refractivity contribution in [1.82, 2.24) is 14.6 Å². The van der Waals surface area contributed by atoms with Gasteiger partial charge in [-0.05, 0) is 43.7 Å². The third-order valence-corrected chi connectivity index (χ3v) is 5.46. The van der Waals surface area contributed by atoms with E-state index in [-0.39, 0.29) is 12.2 Å². The number of ether oxygens (including phenoxy) is 1. The minimum Gasteiger partial charge on any atom is -0.487 e. The fraction of sp³-hybridized carbons (Fsp3) is 0.150. The minimum absolute atomic E-state index is 0.199. The Morgan fingerprint density at radius 3 is 2.78 bits per heavy atom. The minimum atomic E-state index is -0.221. The molecule has 0 saturated heterocycles. The van der Waals surface area contributed by atoms with Gasteiger partial charge in [-0.15, -0.1) is 0 Å². The van der Waals surface area contributed by atoms with Crippen LogP contribution in [0.5, 0.6) is 5.75 Å². The summed E-state index contributed by atoms with van der Waals surface area (Å²) in [5.74, 6) is 0.684. The van der Waals surface area contributed by atoms with Crippen molar-refractivity contribution in [2.45, 2.75) is 20.5 Å². The molecular weight excluding hydrogens is 382 g/mol. The van der Waals surface area contributed by atoms with E-state index in [4.69, 9.17) is 16.3 Å². The lowest BCUT2D eigenvalue weighted by Gasteiger charge is -2.07. The number of aromatic nitrogens is 3. The molecule has 2 aromatic carbocycles. The molecule has 5 nitrogen and oxygen atoms in total. The molecule has 0 amide bonds. The van der Waals surface area contributed by atoms with Crippen LogP contribution in [0.3, 0.4) is 0 Å². The van der Waals surface area contributed by atoms with Crippen molar-refractivity contribution in [3.63, 3.8) is 0 Å². The number of nitrogens with zero attached hydrogens (tertiary/aromatic N) is 3. The van der Waals surface area contributed by atoms with Gasteiger partial charge in [0.05, 0.1) is 5.69 Å². The smallest absolute Gasteiger partial charge is 0.275 e. The summed E-state index contributed by atoms with van der Waals surface area (Å²) in [7, 11) is 0. The Bertz CT molecular complexity index is 1200. The Labute approximate surface area is 164 Å². The Balaban J connectivity index is 1.63. The molecule has 0 aliphatic rings. The molecule has 0 radical (unpaired) electrons. The van der Waals surface area contributed by atoms with Crippen molar-refractivity contribution in [2.24, 2.45) is 0 Å². The van der Waals surface area contributed by atoms with Crippen molar-refractivity contribution in [3.05, 3.63) is 80.7 Å². The second kappa shape index (κ2) is 7.13. The number of hydrogen-bond acceptors (Lipinski definition) is 5. The van der Waals surface area contributed by atoms with Crippen molar-refractivity contribution in [2.75, 3.05) is 0 Å². The molecular formula is C20H16ClN3O2S. The quantitative estimate of drug-likeness (QED) is 0.502. The number of benzene rings is 2. The molecule has 136 valence electrons. The van der Waals surface area contributed by atoms with E-state index in [1.165, 1.54) is 21.9 Å². The highest BCUT2D eigenvalue weighted by atomic mass is 35.5. The van der Waals surface area contributed by atoms with Gasteiger partial charge in [0.1, 0.15) is 17.4 Å². The molecule has 0 bridgehead atoms. The molecule has 0 aliphatic carbocycles. The summed E-state index contributed by atoms with van der Waals surface area (Å²) in [6.45, 7) is 4.13. The molecule has 0 N–H and O–H groups in total. The third kappa shape index (κ3) is 3.72. The largest absolute Gasteiger partial charge is 0.487 e. The Kier molecular flexibility index (Phi) is 4.68. The summed E-state index contributed by atoms with van der Waals surface area (Å²) in [4.78, 5) is 17.5. The van der Waals surface area contributed by atoms with Crippen LogP contribution in [0.4, 0.5) is 0 Å². The summed E-state index contributed by atoms with van der Waals surface area (Å²) >= 11 is 7.41. The fourth-order valence-electron chi connectivity index (χ4n) is 2.69. The van der Waals surface area contributed by atoms with E-state index >= 15 is 0 Å². The van der Waals surface area contributed by atoms with Crippen LogP contribution in [0.2, 0.25) is 5.02 Å². The predicted molar refractivity (Wildman–Crippen MR) is 108 cm³/mol. The summed E-state index contributed by atoms with van der Waals surface area (Å²) in [6.07, 6.45) is 0. The van der Waals surface area contributed by atoms with Crippen LogP contribution in [0, 0.1) is 13.8 Å². The van der Waals surface area contributed by atoms with E-state index in [2.05, 4.69) is 10.1 Å². The van der Waals surface area contributed by atoms with Crippen molar-refractivity contribution in [3.8, 4) is 16.3 Å². The first kappa shape index (κ1) is 17.7. The third-order valence-electron chi connectivity index (χ3n) is 4.08. The van der Waals surface area contributed by atoms with Gasteiger partial charge < -0.3 is 4.74 Å². The Morgan fingerprint density at radius 2 is 2.00 bits per heavy atom. The van der Waals surface area contributed by atoms with Crippen LogP contribution in [0.15, 0.2) is 53.3 Å². The maximum absolute atomic E-state index is 12.4. The molecule has 0 aliphatic heterocycles. The molecule has 0 saturated carbocycles. The Hall–Kier alpha value is -2.70. The van der Waals surface area contributed by atoms with Crippen LogP contribution >= 0.6 is 22.9 Å². The van der Waals surface area contributed by atoms with Gasteiger partial charge in [0.2, 0.25) is 4.96 Å². The number of fused-ring (bicyclic) bond motifs is 1. The van der Waals surface area contributed by atoms with Crippen LogP contribution < -0.4 is 10.3 Å². The van der Waals surface area contributed by atoms with E-state index in [1.54, 1.807) is 12.1 Å². The average molecular weight is 398 g/mol. The maximum atomic E-state index is 12.4. The highest BCUT2D eigenvalue weighted by Crippen LogP contribution is 2.25. The summed E-state index contributed by atoms with van der Waals surface area (Å²) in [5, 5.41) is 5.86.